The molecule has 1 fully saturated rings. The van der Waals surface area contributed by atoms with Crippen LogP contribution < -0.4 is 5.32 Å². The van der Waals surface area contributed by atoms with Gasteiger partial charge in [-0.1, -0.05) is 30.3 Å². The van der Waals surface area contributed by atoms with E-state index >= 15 is 0 Å². The van der Waals surface area contributed by atoms with Crippen LogP contribution in [-0.2, 0) is 20.7 Å². The summed E-state index contributed by atoms with van der Waals surface area (Å²) in [4.78, 5) is 24.1. The number of esters is 1. The zero-order valence-electron chi connectivity index (χ0n) is 12.6. The molecule has 1 heterocycles. The molecule has 5 heteroatoms. The summed E-state index contributed by atoms with van der Waals surface area (Å²) >= 11 is 0. The number of hydrogen-bond donors (Lipinski definition) is 1. The maximum atomic E-state index is 12.1. The summed E-state index contributed by atoms with van der Waals surface area (Å²) in [6, 6.07) is 9.55. The van der Waals surface area contributed by atoms with Crippen LogP contribution in [0.25, 0.3) is 0 Å². The van der Waals surface area contributed by atoms with Gasteiger partial charge in [0.15, 0.2) is 0 Å². The number of carbonyl (C=O) groups is 2. The van der Waals surface area contributed by atoms with Crippen molar-refractivity contribution in [3.8, 4) is 0 Å². The van der Waals surface area contributed by atoms with Crippen LogP contribution in [0.1, 0.15) is 32.8 Å². The number of hydrogen-bond acceptors (Lipinski definition) is 4. The molecule has 2 rings (SSSR count). The van der Waals surface area contributed by atoms with E-state index in [4.69, 9.17) is 9.47 Å². The number of carbonyl (C=O) groups excluding carboxylic acids is 2. The summed E-state index contributed by atoms with van der Waals surface area (Å²) < 4.78 is 10.3. The number of alkyl carbamates (subject to hydrolysis) is 1. The average Bonchev–Trinajstić information content (AvgIpc) is 2.69. The lowest BCUT2D eigenvalue weighted by Crippen LogP contribution is -2.54. The zero-order valence-corrected chi connectivity index (χ0v) is 12.6. The smallest absolute Gasteiger partial charge is 0.408 e. The average molecular weight is 291 g/mol. The number of cyclic esters (lactones) is 1. The minimum Gasteiger partial charge on any atom is -0.464 e. The molecule has 1 aromatic carbocycles. The van der Waals surface area contributed by atoms with Gasteiger partial charge in [-0.3, -0.25) is 0 Å². The van der Waals surface area contributed by atoms with E-state index in [2.05, 4.69) is 5.32 Å². The van der Waals surface area contributed by atoms with Gasteiger partial charge in [-0.25, -0.2) is 9.59 Å². The fourth-order valence-electron chi connectivity index (χ4n) is 2.32. The van der Waals surface area contributed by atoms with E-state index in [9.17, 15) is 9.59 Å². The first kappa shape index (κ1) is 15.4. The summed E-state index contributed by atoms with van der Waals surface area (Å²) in [6.45, 7) is 5.65. The van der Waals surface area contributed by atoms with E-state index in [0.717, 1.165) is 5.56 Å². The molecule has 0 aliphatic carbocycles. The van der Waals surface area contributed by atoms with Crippen molar-refractivity contribution in [2.24, 2.45) is 0 Å². The summed E-state index contributed by atoms with van der Waals surface area (Å²) in [7, 11) is 0. The lowest BCUT2D eigenvalue weighted by Gasteiger charge is -2.28. The highest BCUT2D eigenvalue weighted by atomic mass is 16.6. The SMILES string of the molecule is CC(C)(C)OC(=O)N[C@]1(Cc2ccccc2)CCOC1=O. The summed E-state index contributed by atoms with van der Waals surface area (Å²) in [5.74, 6) is -0.405. The van der Waals surface area contributed by atoms with Gasteiger partial charge in [0.2, 0.25) is 0 Å². The van der Waals surface area contributed by atoms with Crippen molar-refractivity contribution in [3.63, 3.8) is 0 Å². The molecule has 1 aliphatic rings. The van der Waals surface area contributed by atoms with Gasteiger partial charge >= 0.3 is 12.1 Å². The first-order chi connectivity index (χ1) is 9.81. The van der Waals surface area contributed by atoms with E-state index in [1.165, 1.54) is 0 Å². The Morgan fingerprint density at radius 1 is 1.33 bits per heavy atom. The molecule has 0 bridgehead atoms. The van der Waals surface area contributed by atoms with Crippen LogP contribution in [0.15, 0.2) is 30.3 Å². The van der Waals surface area contributed by atoms with Crippen LogP contribution in [0.3, 0.4) is 0 Å². The minimum absolute atomic E-state index is 0.307. The predicted octanol–water partition coefficient (Wildman–Crippen LogP) is 2.44. The zero-order chi connectivity index (χ0) is 15.5. The van der Waals surface area contributed by atoms with Crippen molar-refractivity contribution in [2.45, 2.75) is 44.8 Å². The molecular formula is C16H21NO4. The third kappa shape index (κ3) is 3.97. The molecule has 0 spiro atoms. The first-order valence-corrected chi connectivity index (χ1v) is 7.03. The third-order valence-corrected chi connectivity index (χ3v) is 3.24. The predicted molar refractivity (Wildman–Crippen MR) is 77.8 cm³/mol. The first-order valence-electron chi connectivity index (χ1n) is 7.03. The lowest BCUT2D eigenvalue weighted by molar-refractivity contribution is -0.143. The second-order valence-electron chi connectivity index (χ2n) is 6.26. The van der Waals surface area contributed by atoms with Crippen molar-refractivity contribution in [1.82, 2.24) is 5.32 Å². The van der Waals surface area contributed by atoms with E-state index in [0.29, 0.717) is 19.4 Å². The van der Waals surface area contributed by atoms with Crippen LogP contribution in [0.2, 0.25) is 0 Å². The van der Waals surface area contributed by atoms with Crippen LogP contribution in [0.4, 0.5) is 4.79 Å². The topological polar surface area (TPSA) is 64.6 Å². The molecule has 5 nitrogen and oxygen atoms in total. The Morgan fingerprint density at radius 3 is 2.52 bits per heavy atom. The molecule has 1 atom stereocenters. The summed E-state index contributed by atoms with van der Waals surface area (Å²) in [5.41, 5.74) is -0.683. The quantitative estimate of drug-likeness (QED) is 0.869. The molecule has 1 amide bonds. The number of benzene rings is 1. The summed E-state index contributed by atoms with van der Waals surface area (Å²) in [5, 5.41) is 2.71. The van der Waals surface area contributed by atoms with Crippen LogP contribution in [0, 0.1) is 0 Å². The number of rotatable bonds is 3. The van der Waals surface area contributed by atoms with Gasteiger partial charge in [0.25, 0.3) is 0 Å². The van der Waals surface area contributed by atoms with Crippen LogP contribution >= 0.6 is 0 Å². The van der Waals surface area contributed by atoms with Gasteiger partial charge in [-0.05, 0) is 26.3 Å². The van der Waals surface area contributed by atoms with Gasteiger partial charge < -0.3 is 14.8 Å². The van der Waals surface area contributed by atoms with Crippen molar-refractivity contribution in [2.75, 3.05) is 6.61 Å². The van der Waals surface area contributed by atoms with Crippen LogP contribution in [-0.4, -0.2) is 29.8 Å². The number of nitrogens with one attached hydrogen (secondary N) is 1. The molecule has 21 heavy (non-hydrogen) atoms. The Balaban J connectivity index is 2.15. The van der Waals surface area contributed by atoms with Crippen molar-refractivity contribution in [3.05, 3.63) is 35.9 Å². The van der Waals surface area contributed by atoms with Crippen molar-refractivity contribution < 1.29 is 19.1 Å². The maximum Gasteiger partial charge on any atom is 0.408 e. The van der Waals surface area contributed by atoms with E-state index in [-0.39, 0.29) is 0 Å². The second kappa shape index (κ2) is 5.76. The molecule has 0 unspecified atom stereocenters. The Kier molecular flexibility index (Phi) is 4.21. The molecule has 1 saturated heterocycles. The highest BCUT2D eigenvalue weighted by Crippen LogP contribution is 2.26. The molecule has 1 aromatic rings. The lowest BCUT2D eigenvalue weighted by atomic mass is 9.89. The fourth-order valence-corrected chi connectivity index (χ4v) is 2.32. The summed E-state index contributed by atoms with van der Waals surface area (Å²) in [6.07, 6.45) is 0.239. The Morgan fingerprint density at radius 2 is 2.00 bits per heavy atom. The Hall–Kier alpha value is -2.04. The van der Waals surface area contributed by atoms with Gasteiger partial charge in [0.05, 0.1) is 6.61 Å². The molecule has 114 valence electrons. The highest BCUT2D eigenvalue weighted by Gasteiger charge is 2.46. The molecule has 0 radical (unpaired) electrons. The highest BCUT2D eigenvalue weighted by molar-refractivity contribution is 5.87. The Bertz CT molecular complexity index is 521. The van der Waals surface area contributed by atoms with Gasteiger partial charge in [-0.2, -0.15) is 0 Å². The Labute approximate surface area is 124 Å². The van der Waals surface area contributed by atoms with E-state index in [1.54, 1.807) is 20.8 Å². The number of ether oxygens (including phenoxy) is 2. The normalized spacial score (nSPS) is 21.8. The fraction of sp³-hybridized carbons (Fsp3) is 0.500. The second-order valence-corrected chi connectivity index (χ2v) is 6.26. The van der Waals surface area contributed by atoms with Gasteiger partial charge in [0.1, 0.15) is 11.1 Å². The number of amides is 1. The largest absolute Gasteiger partial charge is 0.464 e. The van der Waals surface area contributed by atoms with Crippen molar-refractivity contribution in [1.29, 1.82) is 0 Å². The molecule has 1 N–H and O–H groups in total. The van der Waals surface area contributed by atoms with Gasteiger partial charge in [-0.15, -0.1) is 0 Å². The molecule has 1 aliphatic heterocycles. The van der Waals surface area contributed by atoms with E-state index in [1.807, 2.05) is 30.3 Å². The van der Waals surface area contributed by atoms with E-state index < -0.39 is 23.2 Å². The standard InChI is InChI=1S/C16H21NO4/c1-15(2,3)21-14(19)17-16(9-10-20-13(16)18)11-12-7-5-4-6-8-12/h4-8H,9-11H2,1-3H3,(H,17,19)/t16-/m0/s1. The van der Waals surface area contributed by atoms with Crippen molar-refractivity contribution >= 4 is 12.1 Å². The molecule has 0 saturated carbocycles. The monoisotopic (exact) mass is 291 g/mol. The third-order valence-electron chi connectivity index (χ3n) is 3.24. The van der Waals surface area contributed by atoms with Crippen LogP contribution in [0.5, 0.6) is 0 Å². The van der Waals surface area contributed by atoms with Gasteiger partial charge in [0, 0.05) is 12.8 Å². The molecular weight excluding hydrogens is 270 g/mol. The maximum absolute atomic E-state index is 12.1. The minimum atomic E-state index is -1.04. The molecule has 0 aromatic heterocycles.